The predicted octanol–water partition coefficient (Wildman–Crippen LogP) is 6.36. The molecule has 0 aliphatic rings. The molecule has 2 aromatic carbocycles. The number of benzene rings is 2. The number of rotatable bonds is 9. The maximum atomic E-state index is 13.2. The molecule has 0 aliphatic carbocycles. The average molecular weight is 454 g/mol. The van der Waals surface area contributed by atoms with Crippen molar-refractivity contribution in [2.45, 2.75) is 44.1 Å². The fourth-order valence-electron chi connectivity index (χ4n) is 2.90. The lowest BCUT2D eigenvalue weighted by Gasteiger charge is -2.10. The van der Waals surface area contributed by atoms with Gasteiger partial charge in [-0.2, -0.15) is 0 Å². The van der Waals surface area contributed by atoms with Gasteiger partial charge in [0.15, 0.2) is 5.16 Å². The van der Waals surface area contributed by atoms with Crippen molar-refractivity contribution in [3.63, 3.8) is 0 Å². The van der Waals surface area contributed by atoms with Crippen LogP contribution in [0.25, 0.3) is 0 Å². The molecular formula is C21H22Cl2FN3OS. The molecule has 1 heterocycles. The first-order chi connectivity index (χ1) is 14.0. The van der Waals surface area contributed by atoms with Gasteiger partial charge in [0.25, 0.3) is 0 Å². The maximum absolute atomic E-state index is 13.2. The SMILES string of the molecule is CCn1c(CCCOc2ccc(Cl)cc2C)nnc1SCc1ccc(F)cc1Cl. The Labute approximate surface area is 184 Å². The molecule has 0 N–H and O–H groups in total. The molecule has 29 heavy (non-hydrogen) atoms. The van der Waals surface area contributed by atoms with E-state index >= 15 is 0 Å². The third kappa shape index (κ3) is 5.87. The summed E-state index contributed by atoms with van der Waals surface area (Å²) in [6.45, 7) is 5.41. The van der Waals surface area contributed by atoms with Gasteiger partial charge < -0.3 is 9.30 Å². The molecule has 0 saturated carbocycles. The third-order valence-electron chi connectivity index (χ3n) is 4.42. The Morgan fingerprint density at radius 2 is 1.97 bits per heavy atom. The van der Waals surface area contributed by atoms with Crippen LogP contribution in [0.15, 0.2) is 41.6 Å². The highest BCUT2D eigenvalue weighted by molar-refractivity contribution is 7.98. The van der Waals surface area contributed by atoms with Crippen LogP contribution < -0.4 is 4.74 Å². The van der Waals surface area contributed by atoms with E-state index in [-0.39, 0.29) is 5.82 Å². The number of hydrogen-bond donors (Lipinski definition) is 0. The first-order valence-electron chi connectivity index (χ1n) is 9.35. The Balaban J connectivity index is 1.54. The Morgan fingerprint density at radius 3 is 2.69 bits per heavy atom. The minimum atomic E-state index is -0.334. The number of thioether (sulfide) groups is 1. The fraction of sp³-hybridized carbons (Fsp3) is 0.333. The average Bonchev–Trinajstić information content (AvgIpc) is 3.07. The molecule has 0 amide bonds. The summed E-state index contributed by atoms with van der Waals surface area (Å²) in [4.78, 5) is 0. The van der Waals surface area contributed by atoms with Gasteiger partial charge >= 0.3 is 0 Å². The minimum absolute atomic E-state index is 0.334. The van der Waals surface area contributed by atoms with E-state index in [0.717, 1.165) is 47.2 Å². The van der Waals surface area contributed by atoms with Crippen LogP contribution in [0, 0.1) is 12.7 Å². The minimum Gasteiger partial charge on any atom is -0.493 e. The van der Waals surface area contributed by atoms with Gasteiger partial charge in [0.1, 0.15) is 17.4 Å². The summed E-state index contributed by atoms with van der Waals surface area (Å²) in [5, 5.41) is 10.6. The van der Waals surface area contributed by atoms with Crippen LogP contribution in [-0.4, -0.2) is 21.4 Å². The molecule has 1 aromatic heterocycles. The molecule has 0 unspecified atom stereocenters. The summed E-state index contributed by atoms with van der Waals surface area (Å²) in [6.07, 6.45) is 1.60. The molecule has 8 heteroatoms. The number of hydrogen-bond acceptors (Lipinski definition) is 4. The molecular weight excluding hydrogens is 432 g/mol. The zero-order valence-electron chi connectivity index (χ0n) is 16.3. The molecule has 0 fully saturated rings. The third-order valence-corrected chi connectivity index (χ3v) is 6.02. The largest absolute Gasteiger partial charge is 0.493 e. The molecule has 0 radical (unpaired) electrons. The van der Waals surface area contributed by atoms with E-state index in [1.165, 1.54) is 12.1 Å². The highest BCUT2D eigenvalue weighted by Crippen LogP contribution is 2.27. The van der Waals surface area contributed by atoms with Gasteiger partial charge in [0.2, 0.25) is 0 Å². The summed E-state index contributed by atoms with van der Waals surface area (Å²) in [6, 6.07) is 10.1. The van der Waals surface area contributed by atoms with E-state index in [1.807, 2.05) is 25.1 Å². The summed E-state index contributed by atoms with van der Waals surface area (Å²) < 4.78 is 21.1. The lowest BCUT2D eigenvalue weighted by atomic mass is 10.2. The monoisotopic (exact) mass is 453 g/mol. The van der Waals surface area contributed by atoms with Crippen LogP contribution in [0.3, 0.4) is 0 Å². The summed E-state index contributed by atoms with van der Waals surface area (Å²) in [5.74, 6) is 2.05. The van der Waals surface area contributed by atoms with E-state index in [2.05, 4.69) is 21.7 Å². The van der Waals surface area contributed by atoms with E-state index in [0.29, 0.717) is 22.4 Å². The predicted molar refractivity (Wildman–Crippen MR) is 117 cm³/mol. The summed E-state index contributed by atoms with van der Waals surface area (Å²) in [5.41, 5.74) is 1.89. The van der Waals surface area contributed by atoms with Crippen molar-refractivity contribution >= 4 is 35.0 Å². The van der Waals surface area contributed by atoms with Gasteiger partial charge in [0.05, 0.1) is 6.61 Å². The Hall–Kier alpha value is -1.76. The van der Waals surface area contributed by atoms with Gasteiger partial charge in [-0.3, -0.25) is 0 Å². The first-order valence-corrected chi connectivity index (χ1v) is 11.1. The Bertz CT molecular complexity index is 981. The van der Waals surface area contributed by atoms with Crippen molar-refractivity contribution in [3.05, 3.63) is 69.2 Å². The molecule has 0 spiro atoms. The zero-order chi connectivity index (χ0) is 20.8. The lowest BCUT2D eigenvalue weighted by molar-refractivity contribution is 0.307. The van der Waals surface area contributed by atoms with E-state index in [1.54, 1.807) is 17.8 Å². The molecule has 154 valence electrons. The van der Waals surface area contributed by atoms with Crippen LogP contribution in [0.1, 0.15) is 30.3 Å². The van der Waals surface area contributed by atoms with Gasteiger partial charge in [0, 0.05) is 28.8 Å². The lowest BCUT2D eigenvalue weighted by Crippen LogP contribution is -2.06. The van der Waals surface area contributed by atoms with E-state index < -0.39 is 0 Å². The molecule has 0 saturated heterocycles. The quantitative estimate of drug-likeness (QED) is 0.279. The Morgan fingerprint density at radius 1 is 1.14 bits per heavy atom. The Kier molecular flexibility index (Phi) is 7.81. The van der Waals surface area contributed by atoms with Gasteiger partial charge in [-0.05, 0) is 61.7 Å². The smallest absolute Gasteiger partial charge is 0.191 e. The van der Waals surface area contributed by atoms with Crippen molar-refractivity contribution in [1.82, 2.24) is 14.8 Å². The molecule has 3 rings (SSSR count). The second-order valence-electron chi connectivity index (χ2n) is 6.53. The van der Waals surface area contributed by atoms with Crippen LogP contribution >= 0.6 is 35.0 Å². The second kappa shape index (κ2) is 10.3. The van der Waals surface area contributed by atoms with Crippen molar-refractivity contribution in [2.24, 2.45) is 0 Å². The number of aromatic nitrogens is 3. The number of aryl methyl sites for hydroxylation is 2. The number of nitrogens with zero attached hydrogens (tertiary/aromatic N) is 3. The standard InChI is InChI=1S/C21H22Cl2FN3OS/c1-3-27-20(5-4-10-28-19-9-7-16(22)11-14(19)2)25-26-21(27)29-13-15-6-8-17(24)12-18(15)23/h6-9,11-12H,3-5,10,13H2,1-2H3. The zero-order valence-corrected chi connectivity index (χ0v) is 18.6. The van der Waals surface area contributed by atoms with Crippen molar-refractivity contribution in [3.8, 4) is 5.75 Å². The summed E-state index contributed by atoms with van der Waals surface area (Å²) >= 11 is 13.6. The van der Waals surface area contributed by atoms with E-state index in [4.69, 9.17) is 27.9 Å². The molecule has 4 nitrogen and oxygen atoms in total. The van der Waals surface area contributed by atoms with Gasteiger partial charge in [-0.1, -0.05) is 41.0 Å². The first kappa shape index (κ1) is 21.9. The topological polar surface area (TPSA) is 39.9 Å². The van der Waals surface area contributed by atoms with Crippen molar-refractivity contribution in [1.29, 1.82) is 0 Å². The molecule has 3 aromatic rings. The highest BCUT2D eigenvalue weighted by atomic mass is 35.5. The fourth-order valence-corrected chi connectivity index (χ4v) is 4.46. The van der Waals surface area contributed by atoms with E-state index in [9.17, 15) is 4.39 Å². The number of halogens is 3. The van der Waals surface area contributed by atoms with Crippen LogP contribution in [0.5, 0.6) is 5.75 Å². The number of ether oxygens (including phenoxy) is 1. The summed E-state index contributed by atoms with van der Waals surface area (Å²) in [7, 11) is 0. The second-order valence-corrected chi connectivity index (χ2v) is 8.32. The van der Waals surface area contributed by atoms with Crippen LogP contribution in [-0.2, 0) is 18.7 Å². The highest BCUT2D eigenvalue weighted by Gasteiger charge is 2.12. The van der Waals surface area contributed by atoms with Crippen molar-refractivity contribution in [2.75, 3.05) is 6.61 Å². The normalized spacial score (nSPS) is 11.1. The molecule has 0 aliphatic heterocycles. The van der Waals surface area contributed by atoms with Gasteiger partial charge in [-0.15, -0.1) is 10.2 Å². The molecule has 0 bridgehead atoms. The maximum Gasteiger partial charge on any atom is 0.191 e. The van der Waals surface area contributed by atoms with Gasteiger partial charge in [-0.25, -0.2) is 4.39 Å². The molecule has 0 atom stereocenters. The van der Waals surface area contributed by atoms with Crippen LogP contribution in [0.2, 0.25) is 10.0 Å². The van der Waals surface area contributed by atoms with Crippen molar-refractivity contribution < 1.29 is 9.13 Å². The van der Waals surface area contributed by atoms with Crippen LogP contribution in [0.4, 0.5) is 4.39 Å².